The maximum atomic E-state index is 12.2. The molecule has 0 spiro atoms. The first kappa shape index (κ1) is 15.0. The van der Waals surface area contributed by atoms with Gasteiger partial charge >= 0.3 is 0 Å². The predicted molar refractivity (Wildman–Crippen MR) is 84.4 cm³/mol. The maximum absolute atomic E-state index is 12.2. The number of fused-ring (bicyclic) bond motifs is 1. The summed E-state index contributed by atoms with van der Waals surface area (Å²) in [6.45, 7) is 1.61. The fourth-order valence-electron chi connectivity index (χ4n) is 2.61. The molecule has 2 atom stereocenters. The van der Waals surface area contributed by atoms with Gasteiger partial charge in [0.15, 0.2) is 6.10 Å². The van der Waals surface area contributed by atoms with Gasteiger partial charge in [-0.3, -0.25) is 4.79 Å². The molecule has 1 aliphatic heterocycles. The summed E-state index contributed by atoms with van der Waals surface area (Å²) in [5.41, 5.74) is 6.83. The highest BCUT2D eigenvalue weighted by Crippen LogP contribution is 2.20. The van der Waals surface area contributed by atoms with Crippen LogP contribution in [0.2, 0.25) is 0 Å². The Kier molecular flexibility index (Phi) is 4.68. The Morgan fingerprint density at radius 3 is 2.77 bits per heavy atom. The number of ether oxygens (including phenoxy) is 2. The Labute approximate surface area is 129 Å². The molecule has 22 heavy (non-hydrogen) atoms. The van der Waals surface area contributed by atoms with Gasteiger partial charge in [0, 0.05) is 6.54 Å². The zero-order chi connectivity index (χ0) is 15.4. The highest BCUT2D eigenvalue weighted by molar-refractivity contribution is 5.84. The molecule has 1 fully saturated rings. The molecule has 0 aliphatic carbocycles. The lowest BCUT2D eigenvalue weighted by Gasteiger charge is -2.25. The average molecular weight is 300 g/mol. The van der Waals surface area contributed by atoms with Crippen LogP contribution in [0.3, 0.4) is 0 Å². The lowest BCUT2D eigenvalue weighted by atomic mass is 10.0. The molecule has 116 valence electrons. The third-order valence-corrected chi connectivity index (χ3v) is 3.84. The monoisotopic (exact) mass is 300 g/mol. The fourth-order valence-corrected chi connectivity index (χ4v) is 2.61. The molecule has 0 aromatic heterocycles. The van der Waals surface area contributed by atoms with Crippen LogP contribution in [0.25, 0.3) is 10.8 Å². The number of carbonyl (C=O) groups is 1. The van der Waals surface area contributed by atoms with E-state index in [0.29, 0.717) is 26.4 Å². The second-order valence-electron chi connectivity index (χ2n) is 5.34. The maximum Gasteiger partial charge on any atom is 0.252 e. The highest BCUT2D eigenvalue weighted by atomic mass is 16.6. The minimum Gasteiger partial charge on any atom is -0.376 e. The van der Waals surface area contributed by atoms with Crippen LogP contribution in [0.1, 0.15) is 11.6 Å². The van der Waals surface area contributed by atoms with Crippen LogP contribution < -0.4 is 11.1 Å². The van der Waals surface area contributed by atoms with Gasteiger partial charge in [-0.1, -0.05) is 36.4 Å². The Balaban J connectivity index is 1.75. The Morgan fingerprint density at radius 2 is 2.05 bits per heavy atom. The van der Waals surface area contributed by atoms with E-state index in [2.05, 4.69) is 17.4 Å². The van der Waals surface area contributed by atoms with E-state index >= 15 is 0 Å². The molecule has 1 aliphatic rings. The first-order valence-corrected chi connectivity index (χ1v) is 7.46. The Morgan fingerprint density at radius 1 is 1.23 bits per heavy atom. The number of hydrogen-bond acceptors (Lipinski definition) is 4. The Hall–Kier alpha value is -1.95. The van der Waals surface area contributed by atoms with Gasteiger partial charge in [-0.2, -0.15) is 0 Å². The van der Waals surface area contributed by atoms with Crippen molar-refractivity contribution in [2.75, 3.05) is 26.4 Å². The van der Waals surface area contributed by atoms with Gasteiger partial charge in [-0.15, -0.1) is 0 Å². The molecule has 2 aromatic carbocycles. The first-order valence-electron chi connectivity index (χ1n) is 7.46. The summed E-state index contributed by atoms with van der Waals surface area (Å²) in [7, 11) is 0. The summed E-state index contributed by atoms with van der Waals surface area (Å²) in [6, 6.07) is 14.0. The zero-order valence-corrected chi connectivity index (χ0v) is 12.3. The van der Waals surface area contributed by atoms with E-state index in [1.807, 2.05) is 30.3 Å². The number of amides is 1. The minimum atomic E-state index is -0.553. The van der Waals surface area contributed by atoms with Crippen LogP contribution in [0.5, 0.6) is 0 Å². The van der Waals surface area contributed by atoms with Crippen molar-refractivity contribution in [3.05, 3.63) is 48.0 Å². The van der Waals surface area contributed by atoms with Crippen molar-refractivity contribution in [2.24, 2.45) is 5.73 Å². The zero-order valence-electron chi connectivity index (χ0n) is 12.3. The summed E-state index contributed by atoms with van der Waals surface area (Å²) < 4.78 is 10.7. The van der Waals surface area contributed by atoms with E-state index in [4.69, 9.17) is 15.2 Å². The van der Waals surface area contributed by atoms with E-state index in [9.17, 15) is 4.79 Å². The van der Waals surface area contributed by atoms with Crippen molar-refractivity contribution in [1.82, 2.24) is 5.32 Å². The summed E-state index contributed by atoms with van der Waals surface area (Å²) in [6.07, 6.45) is -0.553. The second kappa shape index (κ2) is 6.87. The lowest BCUT2D eigenvalue weighted by Crippen LogP contribution is -2.45. The van der Waals surface area contributed by atoms with Gasteiger partial charge in [0.05, 0.1) is 25.9 Å². The van der Waals surface area contributed by atoms with Crippen LogP contribution in [0.4, 0.5) is 0 Å². The van der Waals surface area contributed by atoms with Gasteiger partial charge < -0.3 is 20.5 Å². The molecule has 2 unspecified atom stereocenters. The molecular weight excluding hydrogens is 280 g/mol. The van der Waals surface area contributed by atoms with Crippen LogP contribution >= 0.6 is 0 Å². The molecule has 5 heteroatoms. The first-order chi connectivity index (χ1) is 10.8. The number of nitrogens with one attached hydrogen (secondary N) is 1. The SMILES string of the molecule is NCC(NC(=O)C1COCCO1)c1ccc2ccccc2c1. The van der Waals surface area contributed by atoms with Crippen LogP contribution in [0.15, 0.2) is 42.5 Å². The van der Waals surface area contributed by atoms with Gasteiger partial charge in [-0.05, 0) is 22.4 Å². The van der Waals surface area contributed by atoms with Gasteiger partial charge in [0.1, 0.15) is 0 Å². The third-order valence-electron chi connectivity index (χ3n) is 3.84. The standard InChI is InChI=1S/C17H20N2O3/c18-10-15(19-17(20)16-11-21-7-8-22-16)14-6-5-12-3-1-2-4-13(12)9-14/h1-6,9,15-16H,7-8,10-11,18H2,(H,19,20). The average Bonchev–Trinajstić information content (AvgIpc) is 2.59. The molecule has 1 heterocycles. The Bertz CT molecular complexity index is 653. The topological polar surface area (TPSA) is 73.6 Å². The highest BCUT2D eigenvalue weighted by Gasteiger charge is 2.25. The van der Waals surface area contributed by atoms with E-state index in [1.165, 1.54) is 0 Å². The minimum absolute atomic E-state index is 0.177. The largest absolute Gasteiger partial charge is 0.376 e. The van der Waals surface area contributed by atoms with Crippen molar-refractivity contribution in [3.63, 3.8) is 0 Å². The lowest BCUT2D eigenvalue weighted by molar-refractivity contribution is -0.148. The third kappa shape index (κ3) is 3.27. The number of carbonyl (C=O) groups excluding carboxylic acids is 1. The molecule has 0 saturated carbocycles. The summed E-state index contributed by atoms with van der Waals surface area (Å²) >= 11 is 0. The number of benzene rings is 2. The van der Waals surface area contributed by atoms with E-state index in [1.54, 1.807) is 0 Å². The molecule has 3 N–H and O–H groups in total. The van der Waals surface area contributed by atoms with Gasteiger partial charge in [0.2, 0.25) is 0 Å². The van der Waals surface area contributed by atoms with Crippen LogP contribution in [-0.4, -0.2) is 38.4 Å². The second-order valence-corrected chi connectivity index (χ2v) is 5.34. The van der Waals surface area contributed by atoms with E-state index in [0.717, 1.165) is 16.3 Å². The van der Waals surface area contributed by atoms with Crippen molar-refractivity contribution in [2.45, 2.75) is 12.1 Å². The molecule has 2 aromatic rings. The van der Waals surface area contributed by atoms with Gasteiger partial charge in [0.25, 0.3) is 5.91 Å². The van der Waals surface area contributed by atoms with Crippen LogP contribution in [-0.2, 0) is 14.3 Å². The number of hydrogen-bond donors (Lipinski definition) is 2. The van der Waals surface area contributed by atoms with Crippen molar-refractivity contribution in [1.29, 1.82) is 0 Å². The molecule has 5 nitrogen and oxygen atoms in total. The molecule has 0 bridgehead atoms. The molecule has 0 radical (unpaired) electrons. The summed E-state index contributed by atoms with van der Waals surface area (Å²) in [4.78, 5) is 12.2. The summed E-state index contributed by atoms with van der Waals surface area (Å²) in [5, 5.41) is 5.24. The van der Waals surface area contributed by atoms with Crippen molar-refractivity contribution in [3.8, 4) is 0 Å². The normalized spacial score (nSPS) is 19.8. The molecular formula is C17H20N2O3. The van der Waals surface area contributed by atoms with Crippen molar-refractivity contribution < 1.29 is 14.3 Å². The molecule has 3 rings (SSSR count). The van der Waals surface area contributed by atoms with E-state index in [-0.39, 0.29) is 11.9 Å². The van der Waals surface area contributed by atoms with Crippen LogP contribution in [0, 0.1) is 0 Å². The quantitative estimate of drug-likeness (QED) is 0.894. The summed E-state index contributed by atoms with van der Waals surface area (Å²) in [5.74, 6) is -0.177. The smallest absolute Gasteiger partial charge is 0.252 e. The fraction of sp³-hybridized carbons (Fsp3) is 0.353. The van der Waals surface area contributed by atoms with E-state index < -0.39 is 6.10 Å². The molecule has 1 saturated heterocycles. The molecule has 1 amide bonds. The predicted octanol–water partition coefficient (Wildman–Crippen LogP) is 1.37. The number of rotatable bonds is 4. The number of nitrogens with two attached hydrogens (primary N) is 1. The van der Waals surface area contributed by atoms with Crippen molar-refractivity contribution >= 4 is 16.7 Å². The van der Waals surface area contributed by atoms with Gasteiger partial charge in [-0.25, -0.2) is 0 Å².